The predicted octanol–water partition coefficient (Wildman–Crippen LogP) is 6.28. The molecule has 2 unspecified atom stereocenters. The largest absolute Gasteiger partial charge is 0.393 e. The normalized spacial score (nSPS) is 14.5. The second-order valence-corrected chi connectivity index (χ2v) is 9.53. The minimum absolute atomic E-state index is 0.216. The van der Waals surface area contributed by atoms with E-state index in [1.807, 2.05) is 0 Å². The molecule has 0 amide bonds. The summed E-state index contributed by atoms with van der Waals surface area (Å²) in [6.45, 7) is 4.36. The van der Waals surface area contributed by atoms with Gasteiger partial charge in [-0.05, 0) is 25.7 Å². The maximum absolute atomic E-state index is 11.6. The van der Waals surface area contributed by atoms with Gasteiger partial charge in [0, 0.05) is 0 Å². The Kier molecular flexibility index (Phi) is 16.9. The van der Waals surface area contributed by atoms with Gasteiger partial charge in [-0.25, -0.2) is 0 Å². The van der Waals surface area contributed by atoms with Crippen LogP contribution < -0.4 is 0 Å². The van der Waals surface area contributed by atoms with Gasteiger partial charge in [-0.15, -0.1) is 0 Å². The summed E-state index contributed by atoms with van der Waals surface area (Å²) in [7, 11) is -3.93. The van der Waals surface area contributed by atoms with Gasteiger partial charge in [0.15, 0.2) is 0 Å². The zero-order valence-electron chi connectivity index (χ0n) is 17.3. The van der Waals surface area contributed by atoms with Gasteiger partial charge in [0.1, 0.15) is 0 Å². The van der Waals surface area contributed by atoms with E-state index in [-0.39, 0.29) is 6.10 Å². The van der Waals surface area contributed by atoms with Gasteiger partial charge in [0.25, 0.3) is 10.1 Å². The zero-order chi connectivity index (χ0) is 19.7. The summed E-state index contributed by atoms with van der Waals surface area (Å²) in [5.74, 6) is 0. The number of hydrogen-bond acceptors (Lipinski definition) is 3. The predicted molar refractivity (Wildman–Crippen MR) is 111 cm³/mol. The zero-order valence-corrected chi connectivity index (χ0v) is 18.1. The van der Waals surface area contributed by atoms with E-state index in [1.165, 1.54) is 38.5 Å². The molecule has 0 spiro atoms. The summed E-state index contributed by atoms with van der Waals surface area (Å²) in [6.07, 6.45) is 16.8. The summed E-state index contributed by atoms with van der Waals surface area (Å²) in [4.78, 5) is 0. The Bertz CT molecular complexity index is 395. The summed E-state index contributed by atoms with van der Waals surface area (Å²) in [5.41, 5.74) is 0. The van der Waals surface area contributed by atoms with Crippen molar-refractivity contribution in [1.29, 1.82) is 0 Å². The average molecular weight is 393 g/mol. The minimum Gasteiger partial charge on any atom is -0.393 e. The fourth-order valence-electron chi connectivity index (χ4n) is 3.47. The Morgan fingerprint density at radius 3 is 1.46 bits per heavy atom. The van der Waals surface area contributed by atoms with Crippen molar-refractivity contribution in [3.05, 3.63) is 0 Å². The molecule has 0 saturated carbocycles. The molecule has 2 atom stereocenters. The highest BCUT2D eigenvalue weighted by molar-refractivity contribution is 7.86. The van der Waals surface area contributed by atoms with Crippen molar-refractivity contribution in [2.24, 2.45) is 0 Å². The lowest BCUT2D eigenvalue weighted by Crippen LogP contribution is -2.20. The quantitative estimate of drug-likeness (QED) is 0.200. The molecule has 0 fully saturated rings. The van der Waals surface area contributed by atoms with Crippen molar-refractivity contribution in [3.63, 3.8) is 0 Å². The lowest BCUT2D eigenvalue weighted by molar-refractivity contribution is 0.147. The van der Waals surface area contributed by atoms with Crippen LogP contribution in [-0.2, 0) is 10.1 Å². The summed E-state index contributed by atoms with van der Waals surface area (Å²) in [5, 5.41) is 9.29. The number of aliphatic hydroxyl groups excluding tert-OH is 1. The summed E-state index contributed by atoms with van der Waals surface area (Å²) >= 11 is 0. The fourth-order valence-corrected chi connectivity index (χ4v) is 4.40. The van der Waals surface area contributed by atoms with Gasteiger partial charge in [0.2, 0.25) is 0 Å². The smallest absolute Gasteiger partial charge is 0.267 e. The summed E-state index contributed by atoms with van der Waals surface area (Å²) < 4.78 is 32.6. The van der Waals surface area contributed by atoms with E-state index in [2.05, 4.69) is 13.8 Å². The molecular formula is C21H44O4S. The molecule has 0 saturated heterocycles. The topological polar surface area (TPSA) is 74.6 Å². The van der Waals surface area contributed by atoms with Gasteiger partial charge in [-0.2, -0.15) is 8.42 Å². The number of unbranched alkanes of at least 4 members (excludes halogenated alkanes) is 10. The molecule has 0 heterocycles. The summed E-state index contributed by atoms with van der Waals surface area (Å²) in [6, 6.07) is 0. The van der Waals surface area contributed by atoms with Crippen molar-refractivity contribution in [2.75, 3.05) is 0 Å². The van der Waals surface area contributed by atoms with E-state index in [0.29, 0.717) is 12.8 Å². The highest BCUT2D eigenvalue weighted by Crippen LogP contribution is 2.19. The molecule has 0 bridgehead atoms. The fraction of sp³-hybridized carbons (Fsp3) is 1.00. The molecule has 158 valence electrons. The first-order chi connectivity index (χ1) is 12.4. The van der Waals surface area contributed by atoms with Gasteiger partial charge in [-0.3, -0.25) is 4.55 Å². The average Bonchev–Trinajstić information content (AvgIpc) is 2.58. The Balaban J connectivity index is 3.81. The van der Waals surface area contributed by atoms with E-state index in [4.69, 9.17) is 0 Å². The minimum atomic E-state index is -3.93. The van der Waals surface area contributed by atoms with Crippen molar-refractivity contribution in [3.8, 4) is 0 Å². The lowest BCUT2D eigenvalue weighted by Gasteiger charge is -2.14. The van der Waals surface area contributed by atoms with Crippen LogP contribution in [0.25, 0.3) is 0 Å². The molecular weight excluding hydrogens is 348 g/mol. The van der Waals surface area contributed by atoms with Crippen molar-refractivity contribution < 1.29 is 18.1 Å². The molecule has 0 rings (SSSR count). The molecule has 0 aromatic heterocycles. The third-order valence-corrected chi connectivity index (χ3v) is 6.57. The molecule has 26 heavy (non-hydrogen) atoms. The van der Waals surface area contributed by atoms with Crippen molar-refractivity contribution >= 4 is 10.1 Å². The third-order valence-electron chi connectivity index (χ3n) is 5.26. The molecule has 0 aliphatic carbocycles. The van der Waals surface area contributed by atoms with Crippen LogP contribution in [0.1, 0.15) is 123 Å². The van der Waals surface area contributed by atoms with Crippen LogP contribution >= 0.6 is 0 Å². The van der Waals surface area contributed by atoms with Crippen molar-refractivity contribution in [2.45, 2.75) is 134 Å². The van der Waals surface area contributed by atoms with E-state index >= 15 is 0 Å². The van der Waals surface area contributed by atoms with Crippen LogP contribution in [0.5, 0.6) is 0 Å². The second kappa shape index (κ2) is 17.0. The number of rotatable bonds is 19. The van der Waals surface area contributed by atoms with Crippen LogP contribution in [-0.4, -0.2) is 29.4 Å². The van der Waals surface area contributed by atoms with Crippen molar-refractivity contribution in [1.82, 2.24) is 0 Å². The molecule has 0 aliphatic rings. The Hall–Kier alpha value is -0.130. The van der Waals surface area contributed by atoms with E-state index in [0.717, 1.165) is 57.8 Å². The Labute approximate surface area is 162 Å². The lowest BCUT2D eigenvalue weighted by atomic mass is 10.0. The van der Waals surface area contributed by atoms with Crippen LogP contribution in [0.3, 0.4) is 0 Å². The standard InChI is InChI=1S/C21H44O4S/c1-3-5-7-8-9-10-14-18-21(26(23,24)25)19-15-11-13-17-20(22)16-12-6-4-2/h20-22H,3-19H2,1-2H3,(H,23,24,25). The van der Waals surface area contributed by atoms with Gasteiger partial charge in [-0.1, -0.05) is 97.3 Å². The molecule has 5 heteroatoms. The molecule has 0 aromatic carbocycles. The monoisotopic (exact) mass is 392 g/mol. The van der Waals surface area contributed by atoms with Crippen LogP contribution in [0.15, 0.2) is 0 Å². The molecule has 2 N–H and O–H groups in total. The first-order valence-electron chi connectivity index (χ1n) is 11.1. The second-order valence-electron chi connectivity index (χ2n) is 7.83. The van der Waals surface area contributed by atoms with E-state index in [9.17, 15) is 18.1 Å². The molecule has 4 nitrogen and oxygen atoms in total. The molecule has 0 aliphatic heterocycles. The first kappa shape index (κ1) is 25.9. The highest BCUT2D eigenvalue weighted by atomic mass is 32.2. The van der Waals surface area contributed by atoms with E-state index < -0.39 is 15.4 Å². The van der Waals surface area contributed by atoms with Gasteiger partial charge < -0.3 is 5.11 Å². The van der Waals surface area contributed by atoms with Crippen LogP contribution in [0.2, 0.25) is 0 Å². The highest BCUT2D eigenvalue weighted by Gasteiger charge is 2.21. The number of hydrogen-bond donors (Lipinski definition) is 2. The first-order valence-corrected chi connectivity index (χ1v) is 12.6. The van der Waals surface area contributed by atoms with Crippen LogP contribution in [0.4, 0.5) is 0 Å². The van der Waals surface area contributed by atoms with Crippen LogP contribution in [0, 0.1) is 0 Å². The third kappa shape index (κ3) is 16.1. The van der Waals surface area contributed by atoms with Gasteiger partial charge >= 0.3 is 0 Å². The molecule has 0 radical (unpaired) electrons. The maximum atomic E-state index is 11.6. The molecule has 0 aromatic rings. The SMILES string of the molecule is CCCCCCCCCC(CCCCCC(O)CCCCC)S(=O)(=O)O. The number of aliphatic hydroxyl groups is 1. The van der Waals surface area contributed by atoms with Gasteiger partial charge in [0.05, 0.1) is 11.4 Å². The maximum Gasteiger partial charge on any atom is 0.267 e. The Morgan fingerprint density at radius 1 is 0.615 bits per heavy atom. The Morgan fingerprint density at radius 2 is 0.962 bits per heavy atom. The van der Waals surface area contributed by atoms with E-state index in [1.54, 1.807) is 0 Å².